The number of aliphatic hydroxyl groups is 3. The zero-order valence-electron chi connectivity index (χ0n) is 33.6. The minimum Gasteiger partial charge on any atom is -0.392 e. The van der Waals surface area contributed by atoms with Crippen LogP contribution < -0.4 is 0 Å². The van der Waals surface area contributed by atoms with E-state index in [-0.39, 0.29) is 18.3 Å². The van der Waals surface area contributed by atoms with Crippen LogP contribution in [-0.2, 0) is 0 Å². The first-order valence-corrected chi connectivity index (χ1v) is 21.8. The molecule has 0 bridgehead atoms. The first kappa shape index (κ1) is 47.8. The van der Waals surface area contributed by atoms with E-state index in [1.54, 1.807) is 0 Å². The maximum Gasteiger partial charge on any atom is 0.0667 e. The van der Waals surface area contributed by atoms with Crippen molar-refractivity contribution in [2.75, 3.05) is 39.3 Å². The Balaban J connectivity index is 4.88. The van der Waals surface area contributed by atoms with Crippen LogP contribution in [0.25, 0.3) is 0 Å². The lowest BCUT2D eigenvalue weighted by molar-refractivity contribution is 0.0475. The molecular weight excluding hydrogens is 592 g/mol. The van der Waals surface area contributed by atoms with Crippen molar-refractivity contribution >= 4 is 0 Å². The Hall–Kier alpha value is -0.200. The number of nitrogens with zero attached hydrogens (tertiary/aromatic N) is 2. The van der Waals surface area contributed by atoms with E-state index in [1.165, 1.54) is 135 Å². The van der Waals surface area contributed by atoms with Crippen LogP contribution in [0, 0.1) is 5.92 Å². The van der Waals surface area contributed by atoms with E-state index < -0.39 is 0 Å². The van der Waals surface area contributed by atoms with Crippen LogP contribution in [0.3, 0.4) is 0 Å². The normalized spacial score (nSPS) is 14.1. The summed E-state index contributed by atoms with van der Waals surface area (Å²) in [5.41, 5.74) is 0. The molecule has 3 atom stereocenters. The molecule has 0 aromatic rings. The highest BCUT2D eigenvalue weighted by Gasteiger charge is 2.19. The first-order valence-electron chi connectivity index (χ1n) is 21.8. The Morgan fingerprint density at radius 1 is 0.333 bits per heavy atom. The minimum absolute atomic E-state index is 0.272. The lowest BCUT2D eigenvalue weighted by atomic mass is 10.0. The average Bonchev–Trinajstić information content (AvgIpc) is 3.05. The smallest absolute Gasteiger partial charge is 0.0667 e. The highest BCUT2D eigenvalue weighted by molar-refractivity contribution is 4.74. The molecule has 290 valence electrons. The number of unbranched alkanes of at least 4 members (excludes halogenated alkanes) is 21. The van der Waals surface area contributed by atoms with Crippen molar-refractivity contribution in [2.24, 2.45) is 5.92 Å². The summed E-state index contributed by atoms with van der Waals surface area (Å²) in [6, 6.07) is 0. The fourth-order valence-electron chi connectivity index (χ4n) is 6.98. The fourth-order valence-corrected chi connectivity index (χ4v) is 6.98. The summed E-state index contributed by atoms with van der Waals surface area (Å²) in [5, 5.41) is 33.1. The molecular formula is C43H90N2O3. The quantitative estimate of drug-likeness (QED) is 0.0563. The topological polar surface area (TPSA) is 67.2 Å². The molecule has 3 unspecified atom stereocenters. The lowest BCUT2D eigenvalue weighted by Crippen LogP contribution is -2.44. The summed E-state index contributed by atoms with van der Waals surface area (Å²) in [4.78, 5) is 4.79. The van der Waals surface area contributed by atoms with Crippen molar-refractivity contribution in [2.45, 2.75) is 233 Å². The highest BCUT2D eigenvalue weighted by Crippen LogP contribution is 2.15. The molecule has 0 aliphatic rings. The summed E-state index contributed by atoms with van der Waals surface area (Å²) in [5.74, 6) is 0.635. The zero-order valence-corrected chi connectivity index (χ0v) is 33.6. The van der Waals surface area contributed by atoms with Crippen LogP contribution in [0.1, 0.15) is 214 Å². The van der Waals surface area contributed by atoms with Crippen LogP contribution in [0.5, 0.6) is 0 Å². The molecule has 0 radical (unpaired) electrons. The Labute approximate surface area is 302 Å². The molecule has 0 aromatic carbocycles. The number of rotatable bonds is 39. The van der Waals surface area contributed by atoms with E-state index in [9.17, 15) is 15.3 Å². The van der Waals surface area contributed by atoms with Gasteiger partial charge in [-0.1, -0.05) is 189 Å². The summed E-state index contributed by atoms with van der Waals surface area (Å²) < 4.78 is 0. The molecule has 0 saturated carbocycles. The summed E-state index contributed by atoms with van der Waals surface area (Å²) >= 11 is 0. The van der Waals surface area contributed by atoms with E-state index in [1.807, 2.05) is 0 Å². The van der Waals surface area contributed by atoms with Crippen LogP contribution in [0.4, 0.5) is 0 Å². The predicted molar refractivity (Wildman–Crippen MR) is 212 cm³/mol. The van der Waals surface area contributed by atoms with Crippen LogP contribution in [0.15, 0.2) is 0 Å². The van der Waals surface area contributed by atoms with Gasteiger partial charge in [-0.05, 0) is 38.1 Å². The van der Waals surface area contributed by atoms with Gasteiger partial charge in [0.05, 0.1) is 18.3 Å². The minimum atomic E-state index is -0.336. The van der Waals surface area contributed by atoms with Gasteiger partial charge in [0.2, 0.25) is 0 Å². The molecule has 0 amide bonds. The van der Waals surface area contributed by atoms with E-state index in [4.69, 9.17) is 0 Å². The second-order valence-electron chi connectivity index (χ2n) is 16.0. The van der Waals surface area contributed by atoms with E-state index >= 15 is 0 Å². The van der Waals surface area contributed by atoms with Gasteiger partial charge >= 0.3 is 0 Å². The van der Waals surface area contributed by atoms with Crippen LogP contribution >= 0.6 is 0 Å². The molecule has 0 aliphatic heterocycles. The van der Waals surface area contributed by atoms with Gasteiger partial charge in [0.15, 0.2) is 0 Å². The standard InChI is InChI=1S/C43H90N2O3/c1-6-9-12-15-18-21-24-27-30-41(46)37-44(34-33-40(4)5)35-36-45(38-42(47)31-28-25-22-19-16-13-10-7-2)39-43(48)32-29-26-23-20-17-14-11-8-3/h40-43,46-48H,6-39H2,1-5H3. The number of hydrogen-bond acceptors (Lipinski definition) is 5. The molecule has 0 saturated heterocycles. The Bertz CT molecular complexity index is 591. The van der Waals surface area contributed by atoms with Crippen LogP contribution in [0.2, 0.25) is 0 Å². The SMILES string of the molecule is CCCCCCCCCCC(O)CN(CCC(C)C)CCN(CC(O)CCCCCCCCCC)CC(O)CCCCCCCCCC. The third-order valence-corrected chi connectivity index (χ3v) is 10.3. The predicted octanol–water partition coefficient (Wildman–Crippen LogP) is 11.3. The molecule has 0 rings (SSSR count). The largest absolute Gasteiger partial charge is 0.392 e. The Kier molecular flexibility index (Phi) is 36.4. The lowest BCUT2D eigenvalue weighted by Gasteiger charge is -2.32. The summed E-state index contributed by atoms with van der Waals surface area (Å²) in [6.45, 7) is 16.1. The van der Waals surface area contributed by atoms with Crippen molar-refractivity contribution in [1.82, 2.24) is 9.80 Å². The molecule has 3 N–H and O–H groups in total. The van der Waals surface area contributed by atoms with Crippen molar-refractivity contribution in [3.8, 4) is 0 Å². The second kappa shape index (κ2) is 36.6. The fraction of sp³-hybridized carbons (Fsp3) is 1.00. The molecule has 0 aromatic heterocycles. The van der Waals surface area contributed by atoms with E-state index in [0.717, 1.165) is 71.1 Å². The molecule has 0 fully saturated rings. The van der Waals surface area contributed by atoms with E-state index in [2.05, 4.69) is 44.4 Å². The first-order chi connectivity index (χ1) is 23.3. The van der Waals surface area contributed by atoms with Crippen molar-refractivity contribution in [3.05, 3.63) is 0 Å². The second-order valence-corrected chi connectivity index (χ2v) is 16.0. The highest BCUT2D eigenvalue weighted by atomic mass is 16.3. The van der Waals surface area contributed by atoms with Crippen LogP contribution in [-0.4, -0.2) is 82.7 Å². The van der Waals surface area contributed by atoms with Gasteiger partial charge in [0.1, 0.15) is 0 Å². The molecule has 5 nitrogen and oxygen atoms in total. The molecule has 0 spiro atoms. The van der Waals surface area contributed by atoms with Gasteiger partial charge in [-0.2, -0.15) is 0 Å². The average molecular weight is 683 g/mol. The molecule has 48 heavy (non-hydrogen) atoms. The maximum absolute atomic E-state index is 11.1. The summed E-state index contributed by atoms with van der Waals surface area (Å²) in [6.07, 6.45) is 33.7. The zero-order chi connectivity index (χ0) is 35.5. The van der Waals surface area contributed by atoms with Gasteiger partial charge in [-0.3, -0.25) is 9.80 Å². The van der Waals surface area contributed by atoms with Gasteiger partial charge < -0.3 is 15.3 Å². The van der Waals surface area contributed by atoms with Gasteiger partial charge in [0, 0.05) is 32.7 Å². The van der Waals surface area contributed by atoms with E-state index in [0.29, 0.717) is 19.0 Å². The van der Waals surface area contributed by atoms with Crippen molar-refractivity contribution < 1.29 is 15.3 Å². The van der Waals surface area contributed by atoms with Gasteiger partial charge in [-0.25, -0.2) is 0 Å². The Morgan fingerprint density at radius 2 is 0.604 bits per heavy atom. The monoisotopic (exact) mass is 683 g/mol. The number of aliphatic hydroxyl groups excluding tert-OH is 3. The maximum atomic E-state index is 11.1. The number of hydrogen-bond donors (Lipinski definition) is 3. The molecule has 0 aliphatic carbocycles. The Morgan fingerprint density at radius 3 is 0.917 bits per heavy atom. The third-order valence-electron chi connectivity index (χ3n) is 10.3. The third kappa shape index (κ3) is 34.3. The van der Waals surface area contributed by atoms with Gasteiger partial charge in [0.25, 0.3) is 0 Å². The summed E-state index contributed by atoms with van der Waals surface area (Å²) in [7, 11) is 0. The van der Waals surface area contributed by atoms with Crippen molar-refractivity contribution in [1.29, 1.82) is 0 Å². The van der Waals surface area contributed by atoms with Crippen molar-refractivity contribution in [3.63, 3.8) is 0 Å². The molecule has 0 heterocycles. The van der Waals surface area contributed by atoms with Gasteiger partial charge in [-0.15, -0.1) is 0 Å². The molecule has 5 heteroatoms.